The van der Waals surface area contributed by atoms with Crippen LogP contribution in [0, 0.1) is 41.4 Å². The average molecular weight is 548 g/mol. The van der Waals surface area contributed by atoms with E-state index in [-0.39, 0.29) is 45.8 Å². The number of rotatable bonds is 5. The summed E-state index contributed by atoms with van der Waals surface area (Å²) in [7, 11) is -4.25. The molecule has 11 heteroatoms. The second-order valence-electron chi connectivity index (χ2n) is 11.4. The van der Waals surface area contributed by atoms with Gasteiger partial charge in [0.1, 0.15) is 11.9 Å². The van der Waals surface area contributed by atoms with Crippen LogP contribution < -0.4 is 9.44 Å². The van der Waals surface area contributed by atoms with Crippen LogP contribution in [0.25, 0.3) is 0 Å². The summed E-state index contributed by atoms with van der Waals surface area (Å²) in [4.78, 5) is 42.6. The van der Waals surface area contributed by atoms with Crippen LogP contribution in [0.2, 0.25) is 0 Å². The van der Waals surface area contributed by atoms with E-state index in [1.807, 2.05) is 10.8 Å². The van der Waals surface area contributed by atoms with Gasteiger partial charge in [-0.15, -0.1) is 11.3 Å². The van der Waals surface area contributed by atoms with E-state index in [2.05, 4.69) is 29.6 Å². The van der Waals surface area contributed by atoms with Gasteiger partial charge >= 0.3 is 16.3 Å². The van der Waals surface area contributed by atoms with E-state index < -0.39 is 27.8 Å². The van der Waals surface area contributed by atoms with Gasteiger partial charge in [-0.2, -0.15) is 8.42 Å². The molecule has 7 atom stereocenters. The number of anilines is 1. The number of carbonyl (C=O) groups is 3. The Morgan fingerprint density at radius 3 is 2.68 bits per heavy atom. The molecule has 1 aromatic rings. The first-order valence-corrected chi connectivity index (χ1v) is 15.0. The number of allylic oxidation sites excluding steroid dienone is 4. The number of fused-ring (bicyclic) bond motifs is 5. The summed E-state index contributed by atoms with van der Waals surface area (Å²) in [5.74, 6) is 0.218. The van der Waals surface area contributed by atoms with Gasteiger partial charge in [-0.1, -0.05) is 26.0 Å². The van der Waals surface area contributed by atoms with Crippen molar-refractivity contribution in [2.75, 3.05) is 4.72 Å². The number of thiazole rings is 1. The Hall–Kier alpha value is -2.53. The van der Waals surface area contributed by atoms with Gasteiger partial charge in [-0.05, 0) is 73.8 Å². The molecule has 0 radical (unpaired) electrons. The van der Waals surface area contributed by atoms with Gasteiger partial charge in [-0.3, -0.25) is 9.59 Å². The summed E-state index contributed by atoms with van der Waals surface area (Å²) < 4.78 is 35.4. The van der Waals surface area contributed by atoms with Crippen LogP contribution in [0.15, 0.2) is 30.0 Å². The van der Waals surface area contributed by atoms with Crippen molar-refractivity contribution in [1.82, 2.24) is 9.71 Å². The molecule has 1 aromatic heterocycles. The molecule has 4 aliphatic carbocycles. The normalized spacial score (nSPS) is 36.6. The van der Waals surface area contributed by atoms with Crippen LogP contribution >= 0.6 is 11.3 Å². The Bertz CT molecular complexity index is 1320. The molecular weight excluding hydrogens is 514 g/mol. The maximum Gasteiger partial charge on any atom is 0.422 e. The monoisotopic (exact) mass is 547 g/mol. The molecule has 0 bridgehead atoms. The Labute approximate surface area is 221 Å². The van der Waals surface area contributed by atoms with Crippen molar-refractivity contribution in [3.8, 4) is 0 Å². The minimum absolute atomic E-state index is 0.0456. The van der Waals surface area contributed by atoms with Crippen molar-refractivity contribution in [1.29, 1.82) is 0 Å². The highest BCUT2D eigenvalue weighted by Crippen LogP contribution is 2.65. The number of hydrogen-bond donors (Lipinski definition) is 2. The predicted molar refractivity (Wildman–Crippen MR) is 139 cm³/mol. The third-order valence-electron chi connectivity index (χ3n) is 9.24. The fourth-order valence-electron chi connectivity index (χ4n) is 7.68. The standard InChI is InChI=1S/C26H33N3O6S2/c1-14-13-27-23(36-14)28-37(33,34)29-24(32)35-21-12-26(4)19(15(2)30)7-8-20(26)18-6-5-16-11-17(31)9-10-25(16,3)22(18)21/h5-6,11,13,18-22H,7-10,12H2,1-4H3,(H,27,28)(H,29,32)/t18-,19+,20-,21-,22-,25+,26+/m0/s1. The van der Waals surface area contributed by atoms with Crippen molar-refractivity contribution in [3.05, 3.63) is 34.9 Å². The number of nitrogens with zero attached hydrogens (tertiary/aromatic N) is 1. The molecule has 2 fully saturated rings. The lowest BCUT2D eigenvalue weighted by atomic mass is 9.47. The zero-order chi connectivity index (χ0) is 26.8. The Balaban J connectivity index is 1.45. The number of nitrogens with one attached hydrogen (secondary N) is 2. The maximum atomic E-state index is 13.0. The van der Waals surface area contributed by atoms with Gasteiger partial charge in [0, 0.05) is 29.3 Å². The summed E-state index contributed by atoms with van der Waals surface area (Å²) in [6, 6.07) is 0. The van der Waals surface area contributed by atoms with Crippen LogP contribution in [-0.4, -0.2) is 37.2 Å². The van der Waals surface area contributed by atoms with Crippen molar-refractivity contribution in [2.45, 2.75) is 65.9 Å². The SMILES string of the molecule is CC(=O)[C@H]1CC[C@H]2[C@@H]3C=CC4=CC(=O)CC[C@@]4(C)[C@@H]3[C@@H](OC(=O)NS(=O)(=O)Nc3ncc(C)s3)C[C@]12C. The molecule has 0 saturated heterocycles. The van der Waals surface area contributed by atoms with E-state index in [0.29, 0.717) is 19.3 Å². The van der Waals surface area contributed by atoms with Gasteiger partial charge in [0.15, 0.2) is 10.9 Å². The molecule has 0 aliphatic heterocycles. The summed E-state index contributed by atoms with van der Waals surface area (Å²) in [5, 5.41) is 0.146. The molecule has 37 heavy (non-hydrogen) atoms. The quantitative estimate of drug-likeness (QED) is 0.561. The molecule has 4 aliphatic rings. The zero-order valence-corrected chi connectivity index (χ0v) is 23.1. The maximum absolute atomic E-state index is 13.0. The molecule has 2 saturated carbocycles. The number of carbonyl (C=O) groups excluding carboxylic acids is 3. The summed E-state index contributed by atoms with van der Waals surface area (Å²) in [6.45, 7) is 7.64. The Morgan fingerprint density at radius 2 is 2.00 bits per heavy atom. The van der Waals surface area contributed by atoms with Crippen LogP contribution in [0.5, 0.6) is 0 Å². The highest BCUT2D eigenvalue weighted by molar-refractivity contribution is 7.91. The van der Waals surface area contributed by atoms with Gasteiger partial charge in [0.05, 0.1) is 0 Å². The summed E-state index contributed by atoms with van der Waals surface area (Å²) in [5.41, 5.74) is 0.153. The van der Waals surface area contributed by atoms with Crippen molar-refractivity contribution >= 4 is 44.3 Å². The first kappa shape index (κ1) is 26.1. The molecule has 5 rings (SSSR count). The largest absolute Gasteiger partial charge is 0.445 e. The molecule has 9 nitrogen and oxygen atoms in total. The highest BCUT2D eigenvalue weighted by Gasteiger charge is 2.63. The van der Waals surface area contributed by atoms with E-state index in [0.717, 1.165) is 34.6 Å². The minimum Gasteiger partial charge on any atom is -0.445 e. The number of ketones is 2. The van der Waals surface area contributed by atoms with Gasteiger partial charge in [-0.25, -0.2) is 19.2 Å². The van der Waals surface area contributed by atoms with Gasteiger partial charge in [0.25, 0.3) is 0 Å². The van der Waals surface area contributed by atoms with Crippen molar-refractivity contribution in [2.24, 2.45) is 34.5 Å². The zero-order valence-electron chi connectivity index (χ0n) is 21.4. The number of hydrogen-bond acceptors (Lipinski definition) is 8. The number of amides is 1. The second-order valence-corrected chi connectivity index (χ2v) is 14.1. The number of ether oxygens (including phenoxy) is 1. The number of Topliss-reactive ketones (excluding diaryl/α,β-unsaturated/α-hetero) is 1. The summed E-state index contributed by atoms with van der Waals surface area (Å²) >= 11 is 1.15. The Morgan fingerprint density at radius 1 is 1.24 bits per heavy atom. The fourth-order valence-corrected chi connectivity index (χ4v) is 9.30. The fraction of sp³-hybridized carbons (Fsp3) is 0.615. The van der Waals surface area contributed by atoms with Crippen LogP contribution in [0.1, 0.15) is 57.8 Å². The first-order valence-electron chi connectivity index (χ1n) is 12.7. The van der Waals surface area contributed by atoms with E-state index in [1.54, 1.807) is 19.9 Å². The second kappa shape index (κ2) is 9.04. The van der Waals surface area contributed by atoms with E-state index >= 15 is 0 Å². The summed E-state index contributed by atoms with van der Waals surface area (Å²) in [6.07, 6.45) is 8.89. The third kappa shape index (κ3) is 4.54. The smallest absolute Gasteiger partial charge is 0.422 e. The van der Waals surface area contributed by atoms with Crippen LogP contribution in [0.3, 0.4) is 0 Å². The molecule has 0 aromatic carbocycles. The van der Waals surface area contributed by atoms with Gasteiger partial charge < -0.3 is 4.74 Å². The Kier molecular flexibility index (Phi) is 6.38. The van der Waals surface area contributed by atoms with E-state index in [1.165, 1.54) is 6.20 Å². The number of aromatic nitrogens is 1. The number of aryl methyl sites for hydroxylation is 1. The van der Waals surface area contributed by atoms with E-state index in [4.69, 9.17) is 4.74 Å². The lowest BCUT2D eigenvalue weighted by Gasteiger charge is -2.58. The highest BCUT2D eigenvalue weighted by atomic mass is 32.2. The molecule has 0 spiro atoms. The van der Waals surface area contributed by atoms with Crippen LogP contribution in [-0.2, 0) is 24.5 Å². The molecular formula is C26H33N3O6S2. The van der Waals surface area contributed by atoms with Crippen molar-refractivity contribution < 1.29 is 27.5 Å². The lowest BCUT2D eigenvalue weighted by molar-refractivity contribution is -0.135. The van der Waals surface area contributed by atoms with Crippen LogP contribution in [0.4, 0.5) is 9.93 Å². The molecule has 1 heterocycles. The predicted octanol–water partition coefficient (Wildman–Crippen LogP) is 4.33. The van der Waals surface area contributed by atoms with Gasteiger partial charge in [0.2, 0.25) is 0 Å². The molecule has 2 N–H and O–H groups in total. The minimum atomic E-state index is -4.25. The molecule has 1 amide bonds. The third-order valence-corrected chi connectivity index (χ3v) is 11.1. The van der Waals surface area contributed by atoms with E-state index in [9.17, 15) is 22.8 Å². The molecule has 0 unspecified atom stereocenters. The van der Waals surface area contributed by atoms with Crippen molar-refractivity contribution in [3.63, 3.8) is 0 Å². The lowest BCUT2D eigenvalue weighted by Crippen LogP contribution is -2.57. The topological polar surface area (TPSA) is 132 Å². The average Bonchev–Trinajstić information content (AvgIpc) is 3.34. The first-order chi connectivity index (χ1) is 17.3. The molecule has 200 valence electrons.